The monoisotopic (exact) mass is 248 g/mol. The molecule has 102 valence electrons. The molecule has 0 nitrogen and oxygen atoms in total. The van der Waals surface area contributed by atoms with Gasteiger partial charge in [-0.25, -0.2) is 0 Å². The summed E-state index contributed by atoms with van der Waals surface area (Å²) in [6.45, 7) is 0. The molecule has 0 aromatic carbocycles. The van der Waals surface area contributed by atoms with E-state index in [0.717, 1.165) is 37.8 Å². The largest absolute Gasteiger partial charge is 0.0879 e. The Morgan fingerprint density at radius 2 is 1.56 bits per heavy atom. The van der Waals surface area contributed by atoms with Crippen molar-refractivity contribution in [2.45, 2.75) is 83.5 Å². The first-order chi connectivity index (χ1) is 9.79. The van der Waals surface area contributed by atoms with Gasteiger partial charge < -0.3 is 0 Å². The first-order valence-electron chi connectivity index (χ1n) is 9.14. The van der Waals surface area contributed by atoms with Gasteiger partial charge in [-0.3, -0.25) is 0 Å². The molecule has 0 bridgehead atoms. The maximum Gasteiger partial charge on any atom is 0.0579 e. The highest BCUT2D eigenvalue weighted by Gasteiger charge is 2.12. The van der Waals surface area contributed by atoms with Gasteiger partial charge in [0.05, 0.1) is 2.74 Å². The van der Waals surface area contributed by atoms with Crippen LogP contribution >= 0.6 is 0 Å². The normalized spacial score (nSPS) is 30.7. The second-order valence-electron chi connectivity index (χ2n) is 5.88. The topological polar surface area (TPSA) is 0 Å². The van der Waals surface area contributed by atoms with Crippen molar-refractivity contribution < 1.29 is 2.74 Å². The fourth-order valence-electron chi connectivity index (χ4n) is 3.14. The van der Waals surface area contributed by atoms with Crippen molar-refractivity contribution in [1.29, 1.82) is 0 Å². The van der Waals surface area contributed by atoms with Crippen molar-refractivity contribution >= 4 is 0 Å². The Labute approximate surface area is 116 Å². The smallest absolute Gasteiger partial charge is 0.0579 e. The lowest BCUT2D eigenvalue weighted by atomic mass is 9.89. The van der Waals surface area contributed by atoms with Crippen LogP contribution in [0.2, 0.25) is 0 Å². The first-order valence-corrected chi connectivity index (χ1v) is 8.14. The zero-order valence-corrected chi connectivity index (χ0v) is 11.8. The molecule has 0 saturated heterocycles. The van der Waals surface area contributed by atoms with Crippen molar-refractivity contribution in [3.8, 4) is 0 Å². The molecule has 0 radical (unpaired) electrons. The van der Waals surface area contributed by atoms with Crippen molar-refractivity contribution in [2.24, 2.45) is 5.92 Å². The maximum atomic E-state index is 8.44. The fraction of sp³-hybridized carbons (Fsp3) is 0.778. The fourth-order valence-corrected chi connectivity index (χ4v) is 3.14. The minimum atomic E-state index is 0.263. The molecule has 0 spiro atoms. The summed E-state index contributed by atoms with van der Waals surface area (Å²) >= 11 is 0. The van der Waals surface area contributed by atoms with Crippen molar-refractivity contribution in [2.75, 3.05) is 0 Å². The van der Waals surface area contributed by atoms with E-state index < -0.39 is 0 Å². The van der Waals surface area contributed by atoms with Crippen LogP contribution in [0.3, 0.4) is 0 Å². The molecule has 0 aromatic rings. The SMILES string of the molecule is [2H]C1=CCCCCCCC1C1=C([2H])CCCCCCC1. The van der Waals surface area contributed by atoms with Crippen LogP contribution < -0.4 is 0 Å². The Balaban J connectivity index is 2.17. The molecule has 0 saturated carbocycles. The zero-order chi connectivity index (χ0) is 14.2. The minimum absolute atomic E-state index is 0.263. The molecule has 0 aliphatic heterocycles. The summed E-state index contributed by atoms with van der Waals surface area (Å²) in [5, 5.41) is 0. The summed E-state index contributed by atoms with van der Waals surface area (Å²) in [4.78, 5) is 0. The third-order valence-corrected chi connectivity index (χ3v) is 4.31. The standard InChI is InChI=1S/C18H30/c1-2-6-10-14-17(13-9-5-1)18-15-11-7-3-4-8-12-16-18/h9,13,15,17H,1-8,10-12,14,16H2/i13D,15D. The third kappa shape index (κ3) is 5.00. The molecule has 0 heteroatoms. The summed E-state index contributed by atoms with van der Waals surface area (Å²) in [6, 6.07) is 1.68. The number of hydrogen-bond donors (Lipinski definition) is 0. The number of hydrogen-bond acceptors (Lipinski definition) is 0. The molecule has 2 aliphatic rings. The second-order valence-corrected chi connectivity index (χ2v) is 5.88. The lowest BCUT2D eigenvalue weighted by Gasteiger charge is -2.17. The van der Waals surface area contributed by atoms with Gasteiger partial charge >= 0.3 is 0 Å². The van der Waals surface area contributed by atoms with E-state index in [2.05, 4.69) is 6.08 Å². The Morgan fingerprint density at radius 1 is 0.833 bits per heavy atom. The van der Waals surface area contributed by atoms with Gasteiger partial charge in [0, 0.05) is 0 Å². The van der Waals surface area contributed by atoms with E-state index in [1.807, 2.05) is 0 Å². The quantitative estimate of drug-likeness (QED) is 0.486. The minimum Gasteiger partial charge on any atom is -0.0879 e. The molecular formula is C18H30. The van der Waals surface area contributed by atoms with E-state index in [9.17, 15) is 0 Å². The summed E-state index contributed by atoms with van der Waals surface area (Å²) < 4.78 is 16.9. The van der Waals surface area contributed by atoms with E-state index in [4.69, 9.17) is 2.74 Å². The molecule has 0 N–H and O–H groups in total. The highest BCUT2D eigenvalue weighted by Crippen LogP contribution is 2.28. The van der Waals surface area contributed by atoms with Gasteiger partial charge in [0.2, 0.25) is 0 Å². The van der Waals surface area contributed by atoms with Crippen LogP contribution in [-0.4, -0.2) is 0 Å². The predicted molar refractivity (Wildman–Crippen MR) is 80.7 cm³/mol. The molecule has 0 heterocycles. The molecule has 2 rings (SSSR count). The molecule has 0 aromatic heterocycles. The molecule has 0 fully saturated rings. The van der Waals surface area contributed by atoms with Crippen LogP contribution in [0, 0.1) is 5.92 Å². The lowest BCUT2D eigenvalue weighted by Crippen LogP contribution is -2.02. The molecule has 0 amide bonds. The van der Waals surface area contributed by atoms with Crippen molar-refractivity contribution in [3.63, 3.8) is 0 Å². The van der Waals surface area contributed by atoms with Gasteiger partial charge in [0.15, 0.2) is 0 Å². The van der Waals surface area contributed by atoms with Crippen LogP contribution in [0.15, 0.2) is 23.8 Å². The van der Waals surface area contributed by atoms with Gasteiger partial charge in [0.25, 0.3) is 0 Å². The first kappa shape index (κ1) is 11.3. The van der Waals surface area contributed by atoms with E-state index in [-0.39, 0.29) is 5.92 Å². The Morgan fingerprint density at radius 3 is 2.50 bits per heavy atom. The van der Waals surface area contributed by atoms with E-state index in [1.165, 1.54) is 63.4 Å². The third-order valence-electron chi connectivity index (χ3n) is 4.31. The van der Waals surface area contributed by atoms with Gasteiger partial charge in [-0.15, -0.1) is 0 Å². The van der Waals surface area contributed by atoms with Gasteiger partial charge in [-0.2, -0.15) is 0 Å². The van der Waals surface area contributed by atoms with Crippen LogP contribution in [0.5, 0.6) is 0 Å². The zero-order valence-electron chi connectivity index (χ0n) is 13.8. The summed E-state index contributed by atoms with van der Waals surface area (Å²) in [5.74, 6) is 0.263. The van der Waals surface area contributed by atoms with Crippen LogP contribution in [0.4, 0.5) is 0 Å². The molecule has 1 atom stereocenters. The number of allylic oxidation sites excluding steroid dienone is 4. The maximum absolute atomic E-state index is 8.44. The van der Waals surface area contributed by atoms with Crippen molar-refractivity contribution in [1.82, 2.24) is 0 Å². The average Bonchev–Trinajstić information content (AvgIpc) is 2.60. The molecule has 18 heavy (non-hydrogen) atoms. The van der Waals surface area contributed by atoms with E-state index in [1.54, 1.807) is 0 Å². The summed E-state index contributed by atoms with van der Waals surface area (Å²) in [7, 11) is 0. The van der Waals surface area contributed by atoms with Crippen LogP contribution in [0.25, 0.3) is 0 Å². The molecule has 1 unspecified atom stereocenters. The Hall–Kier alpha value is -0.520. The highest BCUT2D eigenvalue weighted by molar-refractivity contribution is 5.14. The van der Waals surface area contributed by atoms with Gasteiger partial charge in [-0.05, 0) is 50.9 Å². The van der Waals surface area contributed by atoms with Crippen LogP contribution in [0.1, 0.15) is 86.2 Å². The summed E-state index contributed by atoms with van der Waals surface area (Å²) in [6.07, 6.45) is 17.7. The second kappa shape index (κ2) is 8.56. The van der Waals surface area contributed by atoms with Crippen LogP contribution in [-0.2, 0) is 0 Å². The molecular weight excluding hydrogens is 216 g/mol. The summed E-state index contributed by atoms with van der Waals surface area (Å²) in [5.41, 5.74) is 1.31. The average molecular weight is 248 g/mol. The van der Waals surface area contributed by atoms with E-state index in [0.29, 0.717) is 0 Å². The van der Waals surface area contributed by atoms with Crippen molar-refractivity contribution in [3.05, 3.63) is 23.8 Å². The van der Waals surface area contributed by atoms with E-state index >= 15 is 0 Å². The highest BCUT2D eigenvalue weighted by atomic mass is 14.2. The predicted octanol–water partition coefficient (Wildman–Crippen LogP) is 6.18. The van der Waals surface area contributed by atoms with Gasteiger partial charge in [-0.1, -0.05) is 62.3 Å². The Bertz CT molecular complexity index is 354. The lowest BCUT2D eigenvalue weighted by molar-refractivity contribution is 0.557. The number of rotatable bonds is 1. The van der Waals surface area contributed by atoms with Gasteiger partial charge in [0.1, 0.15) is 0 Å². The Kier molecular flexibility index (Phi) is 5.38. The molecule has 2 aliphatic carbocycles.